The average molecular weight is 690 g/mol. The Morgan fingerprint density at radius 2 is 1.76 bits per heavy atom. The van der Waals surface area contributed by atoms with Crippen molar-refractivity contribution in [1.29, 1.82) is 0 Å². The molecule has 260 valence electrons. The molecule has 3 fully saturated rings. The van der Waals surface area contributed by atoms with Gasteiger partial charge >= 0.3 is 0 Å². The minimum atomic E-state index is -1.04. The van der Waals surface area contributed by atoms with Gasteiger partial charge < -0.3 is 25.7 Å². The van der Waals surface area contributed by atoms with Crippen molar-refractivity contribution in [2.24, 2.45) is 22.4 Å². The van der Waals surface area contributed by atoms with Gasteiger partial charge in [-0.05, 0) is 47.8 Å². The van der Waals surface area contributed by atoms with E-state index in [2.05, 4.69) is 21.1 Å². The van der Waals surface area contributed by atoms with Gasteiger partial charge in [0.2, 0.25) is 23.5 Å². The van der Waals surface area contributed by atoms with Crippen molar-refractivity contribution in [1.82, 2.24) is 20.9 Å². The summed E-state index contributed by atoms with van der Waals surface area (Å²) in [5.41, 5.74) is 0.767. The topological polar surface area (TPSA) is 146 Å². The number of likely N-dealkylation sites (tertiary alicyclic amines) is 1. The van der Waals surface area contributed by atoms with Crippen LogP contribution in [0.1, 0.15) is 76.3 Å². The molecule has 0 bridgehead atoms. The number of likely N-dealkylation sites (N-methyl/N-ethyl adjacent to an activating group) is 1. The third-order valence-corrected chi connectivity index (χ3v) is 10.3. The van der Waals surface area contributed by atoms with Gasteiger partial charge in [-0.1, -0.05) is 92.8 Å². The van der Waals surface area contributed by atoms with Crippen LogP contribution in [-0.2, 0) is 28.8 Å². The summed E-state index contributed by atoms with van der Waals surface area (Å²) in [6, 6.07) is 14.0. The summed E-state index contributed by atoms with van der Waals surface area (Å²) in [6.45, 7) is 5.65. The van der Waals surface area contributed by atoms with Gasteiger partial charge in [-0.3, -0.25) is 24.0 Å². The highest BCUT2D eigenvalue weighted by molar-refractivity contribution is 6.38. The summed E-state index contributed by atoms with van der Waals surface area (Å²) in [5.74, 6) is -2.64. The van der Waals surface area contributed by atoms with E-state index >= 15 is 0 Å². The maximum absolute atomic E-state index is 14.6. The zero-order valence-corrected chi connectivity index (χ0v) is 29.1. The van der Waals surface area contributed by atoms with Crippen LogP contribution in [0.3, 0.4) is 0 Å². The minimum absolute atomic E-state index is 0.0344. The van der Waals surface area contributed by atoms with Crippen LogP contribution < -0.4 is 16.0 Å². The van der Waals surface area contributed by atoms with Gasteiger partial charge in [-0.25, -0.2) is 0 Å². The monoisotopic (exact) mass is 689 g/mol. The van der Waals surface area contributed by atoms with Crippen molar-refractivity contribution < 1.29 is 28.8 Å². The van der Waals surface area contributed by atoms with Gasteiger partial charge in [-0.15, -0.1) is 0 Å². The van der Waals surface area contributed by atoms with Crippen molar-refractivity contribution in [2.75, 3.05) is 13.6 Å². The van der Waals surface area contributed by atoms with Crippen LogP contribution in [0, 0.1) is 17.3 Å². The lowest BCUT2D eigenvalue weighted by molar-refractivity contribution is -0.145. The average Bonchev–Trinajstić information content (AvgIpc) is 4.00. The minimum Gasteiger partial charge on any atom is -0.387 e. The molecule has 2 heterocycles. The van der Waals surface area contributed by atoms with E-state index in [0.29, 0.717) is 30.0 Å². The Hall–Kier alpha value is -4.25. The Labute approximate surface area is 291 Å². The number of carbonyl (C=O) groups excluding carboxylic acids is 5. The quantitative estimate of drug-likeness (QED) is 0.307. The van der Waals surface area contributed by atoms with Crippen LogP contribution in [0.25, 0.3) is 0 Å². The van der Waals surface area contributed by atoms with Crippen LogP contribution in [0.5, 0.6) is 0 Å². The number of nitrogens with one attached hydrogen (secondary N) is 3. The summed E-state index contributed by atoms with van der Waals surface area (Å²) < 4.78 is 0. The number of Topliss-reactive ketones (excluding diaryl/α,β-unsaturated/α-hetero) is 1. The van der Waals surface area contributed by atoms with E-state index in [1.807, 2.05) is 63.2 Å². The van der Waals surface area contributed by atoms with Gasteiger partial charge in [0.05, 0.1) is 18.3 Å². The lowest BCUT2D eigenvalue weighted by atomic mass is 9.85. The summed E-state index contributed by atoms with van der Waals surface area (Å²) in [5, 5.41) is 13.1. The molecule has 0 unspecified atom stereocenters. The van der Waals surface area contributed by atoms with Crippen molar-refractivity contribution >= 4 is 46.7 Å². The zero-order valence-electron chi connectivity index (χ0n) is 28.3. The highest BCUT2D eigenvalue weighted by Gasteiger charge is 2.56. The second kappa shape index (κ2) is 13.6. The largest absolute Gasteiger partial charge is 0.387 e. The first-order valence-corrected chi connectivity index (χ1v) is 17.4. The number of ketones is 1. The van der Waals surface area contributed by atoms with E-state index in [9.17, 15) is 24.0 Å². The highest BCUT2D eigenvalue weighted by Crippen LogP contribution is 2.48. The lowest BCUT2D eigenvalue weighted by Gasteiger charge is -2.35. The molecule has 2 aliphatic carbocycles. The number of nitrogens with zero attached hydrogens (tertiary/aromatic N) is 2. The van der Waals surface area contributed by atoms with Crippen LogP contribution >= 0.6 is 11.6 Å². The molecule has 3 N–H and O–H groups in total. The number of rotatable bonds is 11. The Balaban J connectivity index is 1.25. The number of hydrogen-bond acceptors (Lipinski definition) is 7. The van der Waals surface area contributed by atoms with Gasteiger partial charge in [0, 0.05) is 36.4 Å². The molecule has 6 rings (SSSR count). The summed E-state index contributed by atoms with van der Waals surface area (Å²) in [6.07, 6.45) is 3.29. The second-order valence-electron chi connectivity index (χ2n) is 15.0. The molecule has 4 aliphatic rings. The molecule has 1 saturated heterocycles. The fourth-order valence-electron chi connectivity index (χ4n) is 7.04. The molecule has 4 amide bonds. The fourth-order valence-corrected chi connectivity index (χ4v) is 7.23. The van der Waals surface area contributed by atoms with Crippen molar-refractivity contribution in [3.8, 4) is 0 Å². The molecule has 12 heteroatoms. The highest BCUT2D eigenvalue weighted by atomic mass is 35.5. The molecule has 2 aromatic rings. The van der Waals surface area contributed by atoms with Gasteiger partial charge in [0.1, 0.15) is 12.1 Å². The van der Waals surface area contributed by atoms with Crippen molar-refractivity contribution in [3.63, 3.8) is 0 Å². The zero-order chi connectivity index (χ0) is 35.1. The van der Waals surface area contributed by atoms with Gasteiger partial charge in [-0.2, -0.15) is 0 Å². The molecular formula is C37H44ClN5O6. The number of benzene rings is 2. The summed E-state index contributed by atoms with van der Waals surface area (Å²) in [7, 11) is 1.37. The first kappa shape index (κ1) is 34.6. The Kier molecular flexibility index (Phi) is 9.59. The molecule has 2 aromatic carbocycles. The third kappa shape index (κ3) is 7.66. The first-order valence-electron chi connectivity index (χ1n) is 17.0. The standard InChI is InChI=1S/C37H44ClN5O6/c1-36(2,3)31(41-32(45)26-17-25(26)22-9-6-5-7-10-22)35(48)43-20-37(18-28(42-49-37)23-11-8-12-24(38)16-23)19-29(43)33(46)40-27(15-21-13-14-21)30(44)34(47)39-4/h5-12,16,21,25-27,29,31H,13-15,17-20H2,1-4H3,(H,39,47)(H,40,46)(H,41,45)/t25-,26+,27+,29+,31-,37-/m1/s1. The van der Waals surface area contributed by atoms with E-state index in [0.717, 1.165) is 24.0 Å². The smallest absolute Gasteiger partial charge is 0.289 e. The Bertz CT molecular complexity index is 1670. The Morgan fingerprint density at radius 3 is 2.41 bits per heavy atom. The van der Waals surface area contributed by atoms with E-state index in [-0.39, 0.29) is 36.6 Å². The summed E-state index contributed by atoms with van der Waals surface area (Å²) >= 11 is 6.25. The third-order valence-electron chi connectivity index (χ3n) is 10.1. The predicted molar refractivity (Wildman–Crippen MR) is 184 cm³/mol. The second-order valence-corrected chi connectivity index (χ2v) is 15.5. The molecule has 1 spiro atoms. The number of oxime groups is 1. The van der Waals surface area contributed by atoms with Crippen LogP contribution in [0.15, 0.2) is 59.8 Å². The first-order chi connectivity index (χ1) is 23.3. The number of amides is 4. The number of carbonyl (C=O) groups is 5. The molecule has 49 heavy (non-hydrogen) atoms. The summed E-state index contributed by atoms with van der Waals surface area (Å²) in [4.78, 5) is 75.3. The van der Waals surface area contributed by atoms with Crippen LogP contribution in [-0.4, -0.2) is 77.3 Å². The van der Waals surface area contributed by atoms with E-state index in [4.69, 9.17) is 16.4 Å². The molecular weight excluding hydrogens is 646 g/mol. The molecule has 0 radical (unpaired) electrons. The lowest BCUT2D eigenvalue weighted by Crippen LogP contribution is -2.59. The van der Waals surface area contributed by atoms with Crippen molar-refractivity contribution in [2.45, 2.75) is 88.9 Å². The molecule has 2 saturated carbocycles. The van der Waals surface area contributed by atoms with E-state index in [1.54, 1.807) is 12.1 Å². The van der Waals surface area contributed by atoms with Crippen LogP contribution in [0.2, 0.25) is 5.02 Å². The fraction of sp³-hybridized carbons (Fsp3) is 0.514. The van der Waals surface area contributed by atoms with Crippen LogP contribution in [0.4, 0.5) is 0 Å². The molecule has 6 atom stereocenters. The van der Waals surface area contributed by atoms with E-state index < -0.39 is 52.6 Å². The Morgan fingerprint density at radius 1 is 1.02 bits per heavy atom. The van der Waals surface area contributed by atoms with Gasteiger partial charge in [0.25, 0.3) is 5.91 Å². The molecule has 2 aliphatic heterocycles. The number of hydrogen-bond donors (Lipinski definition) is 3. The SMILES string of the molecule is CNC(=O)C(=O)[C@H](CC1CC1)NC(=O)[C@@H]1C[C@]2(CC(c3cccc(Cl)c3)=NO2)CN1C(=O)[C@@H](NC(=O)[C@H]1C[C@@H]1c1ccccc1)C(C)(C)C. The molecule has 11 nitrogen and oxygen atoms in total. The normalized spacial score (nSPS) is 25.5. The van der Waals surface area contributed by atoms with Gasteiger partial charge in [0.15, 0.2) is 5.60 Å². The maximum atomic E-state index is 14.6. The molecule has 0 aromatic heterocycles. The van der Waals surface area contributed by atoms with Crippen molar-refractivity contribution in [3.05, 3.63) is 70.7 Å². The maximum Gasteiger partial charge on any atom is 0.289 e. The predicted octanol–water partition coefficient (Wildman–Crippen LogP) is 3.74. The van der Waals surface area contributed by atoms with E-state index in [1.165, 1.54) is 11.9 Å². The number of halogens is 1.